The van der Waals surface area contributed by atoms with Gasteiger partial charge in [0, 0.05) is 0 Å². The minimum absolute atomic E-state index is 0.0201. The standard InChI is InChI=1S/C22H26N2O4/c1-3-26-22(25)19-14(2)28-21(24)18(12-23)20(19)16-10-8-15(9-11-16)13-27-17-6-4-5-7-17/h8-11,17,20H,3-7,13,24H2,1-2H3. The molecule has 6 heteroatoms. The summed E-state index contributed by atoms with van der Waals surface area (Å²) in [6.45, 7) is 4.19. The lowest BCUT2D eigenvalue weighted by molar-refractivity contribution is -0.139. The van der Waals surface area contributed by atoms with E-state index in [0.29, 0.717) is 24.0 Å². The molecule has 1 saturated carbocycles. The van der Waals surface area contributed by atoms with Gasteiger partial charge in [-0.1, -0.05) is 37.1 Å². The highest BCUT2D eigenvalue weighted by Crippen LogP contribution is 2.39. The van der Waals surface area contributed by atoms with Gasteiger partial charge in [0.15, 0.2) is 0 Å². The van der Waals surface area contributed by atoms with Gasteiger partial charge in [0.1, 0.15) is 17.4 Å². The number of nitriles is 1. The maximum absolute atomic E-state index is 12.5. The molecule has 0 radical (unpaired) electrons. The minimum Gasteiger partial charge on any atom is -0.463 e. The highest BCUT2D eigenvalue weighted by Gasteiger charge is 2.36. The maximum atomic E-state index is 12.5. The van der Waals surface area contributed by atoms with Crippen LogP contribution in [0.2, 0.25) is 0 Å². The van der Waals surface area contributed by atoms with Crippen LogP contribution in [-0.2, 0) is 25.6 Å². The van der Waals surface area contributed by atoms with Crippen molar-refractivity contribution in [2.45, 2.75) is 58.2 Å². The number of hydrogen-bond acceptors (Lipinski definition) is 6. The first-order valence-electron chi connectivity index (χ1n) is 9.71. The highest BCUT2D eigenvalue weighted by molar-refractivity contribution is 5.92. The summed E-state index contributed by atoms with van der Waals surface area (Å²) >= 11 is 0. The van der Waals surface area contributed by atoms with Gasteiger partial charge in [-0.25, -0.2) is 4.79 Å². The third-order valence-corrected chi connectivity index (χ3v) is 5.20. The predicted octanol–water partition coefficient (Wildman–Crippen LogP) is 3.79. The third kappa shape index (κ3) is 4.20. The van der Waals surface area contributed by atoms with Crippen molar-refractivity contribution in [2.24, 2.45) is 5.73 Å². The Hall–Kier alpha value is -2.78. The number of allylic oxidation sites excluding steroid dienone is 2. The number of carbonyl (C=O) groups is 1. The second kappa shape index (κ2) is 8.94. The van der Waals surface area contributed by atoms with E-state index in [4.69, 9.17) is 19.9 Å². The van der Waals surface area contributed by atoms with Crippen molar-refractivity contribution >= 4 is 5.97 Å². The van der Waals surface area contributed by atoms with E-state index in [9.17, 15) is 10.1 Å². The number of carbonyl (C=O) groups excluding carboxylic acids is 1. The fraction of sp³-hybridized carbons (Fsp3) is 0.455. The molecule has 0 bridgehead atoms. The lowest BCUT2D eigenvalue weighted by atomic mass is 9.83. The zero-order chi connectivity index (χ0) is 20.1. The molecule has 1 aliphatic heterocycles. The Labute approximate surface area is 165 Å². The number of nitrogens with zero attached hydrogens (tertiary/aromatic N) is 1. The number of esters is 1. The average Bonchev–Trinajstić information content (AvgIpc) is 3.20. The lowest BCUT2D eigenvalue weighted by Crippen LogP contribution is -2.25. The van der Waals surface area contributed by atoms with E-state index in [2.05, 4.69) is 6.07 Å². The van der Waals surface area contributed by atoms with Gasteiger partial charge in [-0.2, -0.15) is 5.26 Å². The highest BCUT2D eigenvalue weighted by atomic mass is 16.5. The van der Waals surface area contributed by atoms with Crippen LogP contribution in [0.1, 0.15) is 56.6 Å². The molecule has 0 saturated heterocycles. The van der Waals surface area contributed by atoms with Crippen molar-refractivity contribution in [2.75, 3.05) is 6.61 Å². The van der Waals surface area contributed by atoms with E-state index >= 15 is 0 Å². The molecule has 6 nitrogen and oxygen atoms in total. The molecule has 1 atom stereocenters. The molecular weight excluding hydrogens is 356 g/mol. The summed E-state index contributed by atoms with van der Waals surface area (Å²) in [4.78, 5) is 12.5. The second-order valence-electron chi connectivity index (χ2n) is 7.07. The molecule has 1 fully saturated rings. The number of rotatable bonds is 6. The number of nitrogens with two attached hydrogens (primary N) is 1. The van der Waals surface area contributed by atoms with Gasteiger partial charge in [-0.05, 0) is 37.8 Å². The van der Waals surface area contributed by atoms with Gasteiger partial charge in [0.05, 0.1) is 30.8 Å². The Kier molecular flexibility index (Phi) is 6.37. The van der Waals surface area contributed by atoms with Crippen LogP contribution in [0.25, 0.3) is 0 Å². The number of hydrogen-bond donors (Lipinski definition) is 1. The molecule has 1 aliphatic carbocycles. The van der Waals surface area contributed by atoms with E-state index in [1.807, 2.05) is 24.3 Å². The molecule has 1 heterocycles. The van der Waals surface area contributed by atoms with Crippen LogP contribution in [0.4, 0.5) is 0 Å². The first kappa shape index (κ1) is 20.0. The molecule has 0 spiro atoms. The molecule has 28 heavy (non-hydrogen) atoms. The Morgan fingerprint density at radius 3 is 2.57 bits per heavy atom. The van der Waals surface area contributed by atoms with Gasteiger partial charge < -0.3 is 19.9 Å². The predicted molar refractivity (Wildman–Crippen MR) is 103 cm³/mol. The molecule has 2 N–H and O–H groups in total. The summed E-state index contributed by atoms with van der Waals surface area (Å²) in [6, 6.07) is 9.82. The van der Waals surface area contributed by atoms with Crippen LogP contribution in [0.5, 0.6) is 0 Å². The first-order valence-corrected chi connectivity index (χ1v) is 9.71. The fourth-order valence-corrected chi connectivity index (χ4v) is 3.76. The average molecular weight is 382 g/mol. The molecular formula is C22H26N2O4. The summed E-state index contributed by atoms with van der Waals surface area (Å²) in [6.07, 6.45) is 5.08. The second-order valence-corrected chi connectivity index (χ2v) is 7.07. The van der Waals surface area contributed by atoms with Gasteiger partial charge in [-0.15, -0.1) is 0 Å². The molecule has 0 aromatic heterocycles. The van der Waals surface area contributed by atoms with Gasteiger partial charge >= 0.3 is 5.97 Å². The van der Waals surface area contributed by atoms with Crippen LogP contribution >= 0.6 is 0 Å². The van der Waals surface area contributed by atoms with Crippen molar-refractivity contribution in [1.82, 2.24) is 0 Å². The fourth-order valence-electron chi connectivity index (χ4n) is 3.76. The summed E-state index contributed by atoms with van der Waals surface area (Å²) < 4.78 is 16.6. The molecule has 1 aromatic rings. The van der Waals surface area contributed by atoms with Crippen molar-refractivity contribution in [3.8, 4) is 6.07 Å². The summed E-state index contributed by atoms with van der Waals surface area (Å²) in [7, 11) is 0. The van der Waals surface area contributed by atoms with Gasteiger partial charge in [0.25, 0.3) is 0 Å². The van der Waals surface area contributed by atoms with Crippen molar-refractivity contribution in [3.63, 3.8) is 0 Å². The first-order chi connectivity index (χ1) is 13.5. The van der Waals surface area contributed by atoms with E-state index in [1.165, 1.54) is 12.8 Å². The smallest absolute Gasteiger partial charge is 0.338 e. The van der Waals surface area contributed by atoms with Crippen molar-refractivity contribution in [1.29, 1.82) is 5.26 Å². The third-order valence-electron chi connectivity index (χ3n) is 5.20. The summed E-state index contributed by atoms with van der Waals surface area (Å²) in [5, 5.41) is 9.61. The largest absolute Gasteiger partial charge is 0.463 e. The summed E-state index contributed by atoms with van der Waals surface area (Å²) in [5.74, 6) is -0.734. The van der Waals surface area contributed by atoms with Crippen LogP contribution in [0, 0.1) is 11.3 Å². The van der Waals surface area contributed by atoms with Crippen LogP contribution in [0.15, 0.2) is 47.1 Å². The zero-order valence-corrected chi connectivity index (χ0v) is 16.4. The molecule has 1 unspecified atom stereocenters. The van der Waals surface area contributed by atoms with E-state index in [0.717, 1.165) is 24.0 Å². The van der Waals surface area contributed by atoms with Crippen molar-refractivity contribution in [3.05, 3.63) is 58.2 Å². The Morgan fingerprint density at radius 2 is 1.96 bits per heavy atom. The normalized spacial score (nSPS) is 20.1. The topological polar surface area (TPSA) is 94.6 Å². The van der Waals surface area contributed by atoms with E-state index in [1.54, 1.807) is 13.8 Å². The quantitative estimate of drug-likeness (QED) is 0.752. The Morgan fingerprint density at radius 1 is 1.29 bits per heavy atom. The summed E-state index contributed by atoms with van der Waals surface area (Å²) in [5.41, 5.74) is 8.28. The van der Waals surface area contributed by atoms with Gasteiger partial charge in [0.2, 0.25) is 5.88 Å². The Bertz CT molecular complexity index is 827. The van der Waals surface area contributed by atoms with Crippen molar-refractivity contribution < 1.29 is 19.0 Å². The monoisotopic (exact) mass is 382 g/mol. The molecule has 148 valence electrons. The van der Waals surface area contributed by atoms with Crippen LogP contribution in [-0.4, -0.2) is 18.7 Å². The molecule has 3 rings (SSSR count). The van der Waals surface area contributed by atoms with E-state index < -0.39 is 11.9 Å². The molecule has 1 aromatic carbocycles. The number of benzene rings is 1. The Balaban J connectivity index is 1.85. The van der Waals surface area contributed by atoms with Crippen LogP contribution < -0.4 is 5.73 Å². The van der Waals surface area contributed by atoms with Crippen LogP contribution in [0.3, 0.4) is 0 Å². The maximum Gasteiger partial charge on any atom is 0.338 e. The van der Waals surface area contributed by atoms with E-state index in [-0.39, 0.29) is 18.1 Å². The SMILES string of the molecule is CCOC(=O)C1=C(C)OC(N)=C(C#N)C1c1ccc(COC2CCCC2)cc1. The zero-order valence-electron chi connectivity index (χ0n) is 16.4. The lowest BCUT2D eigenvalue weighted by Gasteiger charge is -2.27. The molecule has 2 aliphatic rings. The minimum atomic E-state index is -0.609. The number of ether oxygens (including phenoxy) is 3. The molecule has 0 amide bonds. The van der Waals surface area contributed by atoms with Gasteiger partial charge in [-0.3, -0.25) is 0 Å².